The summed E-state index contributed by atoms with van der Waals surface area (Å²) in [6.45, 7) is 2.02. The molecule has 3 nitrogen and oxygen atoms in total. The first-order valence-corrected chi connectivity index (χ1v) is 9.59. The molecule has 136 valence electrons. The molecule has 2 aliphatic rings. The highest BCUT2D eigenvalue weighted by molar-refractivity contribution is 6.11. The molecule has 4 rings (SSSR count). The van der Waals surface area contributed by atoms with Crippen molar-refractivity contribution in [2.75, 3.05) is 0 Å². The first-order chi connectivity index (χ1) is 13.1. The molecule has 0 spiro atoms. The maximum atomic E-state index is 12.6. The predicted octanol–water partition coefficient (Wildman–Crippen LogP) is 5.57. The van der Waals surface area contributed by atoms with Gasteiger partial charge in [-0.2, -0.15) is 0 Å². The van der Waals surface area contributed by atoms with Crippen molar-refractivity contribution in [3.05, 3.63) is 82.5 Å². The third-order valence-corrected chi connectivity index (χ3v) is 5.56. The second kappa shape index (κ2) is 7.36. The third kappa shape index (κ3) is 3.63. The molecule has 2 N–H and O–H groups in total. The smallest absolute Gasteiger partial charge is 0.256 e. The Kier molecular flexibility index (Phi) is 4.76. The highest BCUT2D eigenvalue weighted by Crippen LogP contribution is 2.35. The number of amides is 1. The number of benzene rings is 2. The van der Waals surface area contributed by atoms with Gasteiger partial charge in [0.05, 0.1) is 0 Å². The number of carbonyl (C=O) groups is 1. The van der Waals surface area contributed by atoms with Crippen molar-refractivity contribution in [2.45, 2.75) is 39.0 Å². The van der Waals surface area contributed by atoms with Gasteiger partial charge in [-0.3, -0.25) is 10.2 Å². The second-order valence-electron chi connectivity index (χ2n) is 7.38. The van der Waals surface area contributed by atoms with E-state index in [4.69, 9.17) is 5.41 Å². The number of nitrogens with one attached hydrogen (secondary N) is 2. The van der Waals surface area contributed by atoms with Crippen LogP contribution in [0.3, 0.4) is 0 Å². The summed E-state index contributed by atoms with van der Waals surface area (Å²) in [6, 6.07) is 15.9. The number of amidine groups is 1. The minimum Gasteiger partial charge on any atom is -0.307 e. The predicted molar refractivity (Wildman–Crippen MR) is 110 cm³/mol. The molecule has 3 heteroatoms. The van der Waals surface area contributed by atoms with Crippen molar-refractivity contribution >= 4 is 11.7 Å². The van der Waals surface area contributed by atoms with Gasteiger partial charge in [0.15, 0.2) is 0 Å². The highest BCUT2D eigenvalue weighted by atomic mass is 16.1. The lowest BCUT2D eigenvalue weighted by Gasteiger charge is -2.17. The Labute approximate surface area is 160 Å². The molecule has 0 atom stereocenters. The lowest BCUT2D eigenvalue weighted by Crippen LogP contribution is -2.31. The van der Waals surface area contributed by atoms with Crippen LogP contribution in [0.4, 0.5) is 0 Å². The largest absolute Gasteiger partial charge is 0.307 e. The van der Waals surface area contributed by atoms with E-state index in [1.165, 1.54) is 18.4 Å². The van der Waals surface area contributed by atoms with Crippen molar-refractivity contribution in [3.63, 3.8) is 0 Å². The Hall–Kier alpha value is -2.94. The Morgan fingerprint density at radius 1 is 1.00 bits per heavy atom. The average molecular weight is 356 g/mol. The van der Waals surface area contributed by atoms with E-state index in [1.807, 2.05) is 43.3 Å². The van der Waals surface area contributed by atoms with E-state index in [1.54, 1.807) is 5.57 Å². The zero-order chi connectivity index (χ0) is 18.8. The second-order valence-corrected chi connectivity index (χ2v) is 7.38. The van der Waals surface area contributed by atoms with Crippen molar-refractivity contribution < 1.29 is 4.79 Å². The minimum absolute atomic E-state index is 0.213. The molecule has 0 aliphatic heterocycles. The summed E-state index contributed by atoms with van der Waals surface area (Å²) >= 11 is 0. The number of rotatable bonds is 3. The van der Waals surface area contributed by atoms with Crippen molar-refractivity contribution in [1.82, 2.24) is 5.32 Å². The van der Waals surface area contributed by atoms with E-state index in [9.17, 15) is 4.79 Å². The van der Waals surface area contributed by atoms with Gasteiger partial charge >= 0.3 is 0 Å². The van der Waals surface area contributed by atoms with E-state index in [2.05, 4.69) is 23.5 Å². The molecular formula is C24H24N2O. The van der Waals surface area contributed by atoms with Gasteiger partial charge in [-0.1, -0.05) is 48.0 Å². The van der Waals surface area contributed by atoms with Crippen molar-refractivity contribution in [1.29, 1.82) is 5.41 Å². The van der Waals surface area contributed by atoms with Crippen LogP contribution >= 0.6 is 0 Å². The monoisotopic (exact) mass is 356 g/mol. The highest BCUT2D eigenvalue weighted by Gasteiger charge is 2.21. The van der Waals surface area contributed by atoms with E-state index >= 15 is 0 Å². The summed E-state index contributed by atoms with van der Waals surface area (Å²) in [4.78, 5) is 12.6. The topological polar surface area (TPSA) is 53.0 Å². The minimum atomic E-state index is -0.213. The zero-order valence-electron chi connectivity index (χ0n) is 15.6. The molecular weight excluding hydrogens is 332 g/mol. The van der Waals surface area contributed by atoms with Gasteiger partial charge in [-0.25, -0.2) is 0 Å². The lowest BCUT2D eigenvalue weighted by molar-refractivity contribution is 0.0976. The molecule has 27 heavy (non-hydrogen) atoms. The summed E-state index contributed by atoms with van der Waals surface area (Å²) < 4.78 is 0. The number of allylic oxidation sites excluding steroid dienone is 3. The number of hydrogen-bond acceptors (Lipinski definition) is 2. The van der Waals surface area contributed by atoms with Crippen LogP contribution in [0.1, 0.15) is 48.0 Å². The van der Waals surface area contributed by atoms with Gasteiger partial charge in [-0.15, -0.1) is 0 Å². The molecule has 0 bridgehead atoms. The van der Waals surface area contributed by atoms with Crippen LogP contribution in [0.15, 0.2) is 71.3 Å². The fraction of sp³-hybridized carbons (Fsp3) is 0.250. The summed E-state index contributed by atoms with van der Waals surface area (Å²) in [7, 11) is 0. The third-order valence-electron chi connectivity index (χ3n) is 5.56. The van der Waals surface area contributed by atoms with Crippen LogP contribution in [0.2, 0.25) is 0 Å². The number of carbonyl (C=O) groups excluding carboxylic acids is 1. The molecule has 0 unspecified atom stereocenters. The van der Waals surface area contributed by atoms with E-state index in [0.717, 1.165) is 41.5 Å². The Balaban J connectivity index is 1.49. The van der Waals surface area contributed by atoms with Crippen LogP contribution in [-0.2, 0) is 0 Å². The number of aryl methyl sites for hydroxylation is 1. The number of hydrogen-bond donors (Lipinski definition) is 2. The fourth-order valence-electron chi connectivity index (χ4n) is 4.07. The molecule has 0 heterocycles. The Morgan fingerprint density at radius 3 is 2.59 bits per heavy atom. The van der Waals surface area contributed by atoms with Gasteiger partial charge in [-0.05, 0) is 79.0 Å². The molecule has 0 fully saturated rings. The van der Waals surface area contributed by atoms with Gasteiger partial charge in [0, 0.05) is 5.56 Å². The summed E-state index contributed by atoms with van der Waals surface area (Å²) in [5.41, 5.74) is 7.79. The van der Waals surface area contributed by atoms with E-state index in [0.29, 0.717) is 5.56 Å². The van der Waals surface area contributed by atoms with Crippen LogP contribution < -0.4 is 5.32 Å². The van der Waals surface area contributed by atoms with Crippen LogP contribution in [0.5, 0.6) is 0 Å². The first-order valence-electron chi connectivity index (χ1n) is 9.59. The molecule has 2 aromatic rings. The summed E-state index contributed by atoms with van der Waals surface area (Å²) in [5, 5.41) is 11.1. The Morgan fingerprint density at radius 2 is 1.81 bits per heavy atom. The van der Waals surface area contributed by atoms with Crippen LogP contribution in [-0.4, -0.2) is 11.7 Å². The maximum absolute atomic E-state index is 12.6. The Bertz CT molecular complexity index is 967. The molecule has 0 radical (unpaired) electrons. The van der Waals surface area contributed by atoms with Gasteiger partial charge in [0.1, 0.15) is 5.84 Å². The summed E-state index contributed by atoms with van der Waals surface area (Å²) in [6.07, 6.45) is 7.54. The average Bonchev–Trinajstić information content (AvgIpc) is 3.16. The van der Waals surface area contributed by atoms with Crippen molar-refractivity contribution in [2.24, 2.45) is 0 Å². The standard InChI is InChI=1S/C24H24N2O/c1-16-14-21(12-13-22(16)18-6-3-2-4-7-18)24(27)26-23(25)20-11-10-17-8-5-9-19(17)15-20/h2-4,6-7,12-15H,5,8-11H2,1H3,(H2,25,26,27). The SMILES string of the molecule is Cc1cc(C(=O)NC(=N)C2=CC3=C(CCC3)CC2)ccc1-c1ccccc1. The molecule has 0 saturated heterocycles. The van der Waals surface area contributed by atoms with Crippen molar-refractivity contribution in [3.8, 4) is 11.1 Å². The fourth-order valence-corrected chi connectivity index (χ4v) is 4.07. The van der Waals surface area contributed by atoms with Gasteiger partial charge < -0.3 is 5.32 Å². The molecule has 0 saturated carbocycles. The van der Waals surface area contributed by atoms with Crippen LogP contribution in [0.25, 0.3) is 11.1 Å². The first kappa shape index (κ1) is 17.5. The zero-order valence-corrected chi connectivity index (χ0v) is 15.6. The lowest BCUT2D eigenvalue weighted by atomic mass is 9.93. The quantitative estimate of drug-likeness (QED) is 0.548. The molecule has 2 aromatic carbocycles. The molecule has 2 aliphatic carbocycles. The van der Waals surface area contributed by atoms with Crippen LogP contribution in [0, 0.1) is 12.3 Å². The van der Waals surface area contributed by atoms with E-state index < -0.39 is 0 Å². The maximum Gasteiger partial charge on any atom is 0.256 e. The normalized spacial score (nSPS) is 16.0. The van der Waals surface area contributed by atoms with E-state index in [-0.39, 0.29) is 11.7 Å². The summed E-state index contributed by atoms with van der Waals surface area (Å²) in [5.74, 6) is 0.0260. The molecule has 1 amide bonds. The van der Waals surface area contributed by atoms with Gasteiger partial charge in [0.2, 0.25) is 0 Å². The van der Waals surface area contributed by atoms with Gasteiger partial charge in [0.25, 0.3) is 5.91 Å². The molecule has 0 aromatic heterocycles.